The van der Waals surface area contributed by atoms with E-state index in [0.29, 0.717) is 12.1 Å². The number of benzene rings is 1. The molecule has 5 heteroatoms. The van der Waals surface area contributed by atoms with Crippen LogP contribution in [0.2, 0.25) is 5.02 Å². The lowest BCUT2D eigenvalue weighted by molar-refractivity contribution is -0.129. The molecule has 1 N–H and O–H groups in total. The molecule has 2 saturated heterocycles. The molecule has 1 atom stereocenters. The van der Waals surface area contributed by atoms with E-state index in [2.05, 4.69) is 22.3 Å². The molecular formula is C19H28ClN3O. The maximum atomic E-state index is 11.4. The molecule has 132 valence electrons. The number of carbonyl (C=O) groups excluding carboxylic acids is 1. The second-order valence-corrected chi connectivity index (χ2v) is 7.58. The normalized spacial score (nSPS) is 23.4. The third kappa shape index (κ3) is 4.95. The number of amides is 1. The van der Waals surface area contributed by atoms with Crippen molar-refractivity contribution in [3.05, 3.63) is 34.9 Å². The molecule has 0 saturated carbocycles. The van der Waals surface area contributed by atoms with Gasteiger partial charge in [-0.15, -0.1) is 0 Å². The average Bonchev–Trinajstić information content (AvgIpc) is 2.58. The van der Waals surface area contributed by atoms with E-state index in [1.807, 2.05) is 17.0 Å². The van der Waals surface area contributed by atoms with Crippen molar-refractivity contribution in [1.82, 2.24) is 15.1 Å². The van der Waals surface area contributed by atoms with E-state index >= 15 is 0 Å². The van der Waals surface area contributed by atoms with Crippen LogP contribution in [0.25, 0.3) is 0 Å². The predicted octanol–water partition coefficient (Wildman–Crippen LogP) is 2.90. The van der Waals surface area contributed by atoms with Crippen molar-refractivity contribution in [3.63, 3.8) is 0 Å². The summed E-state index contributed by atoms with van der Waals surface area (Å²) < 4.78 is 0. The SMILES string of the molecule is CC(=O)N1CCC(NC2CCCN(Cc3ccc(Cl)cc3)C2)CC1. The molecule has 0 radical (unpaired) electrons. The van der Waals surface area contributed by atoms with Gasteiger partial charge >= 0.3 is 0 Å². The van der Waals surface area contributed by atoms with Crippen LogP contribution in [0.4, 0.5) is 0 Å². The summed E-state index contributed by atoms with van der Waals surface area (Å²) >= 11 is 5.97. The number of rotatable bonds is 4. The number of nitrogens with zero attached hydrogens (tertiary/aromatic N) is 2. The Hall–Kier alpha value is -1.10. The number of likely N-dealkylation sites (tertiary alicyclic amines) is 2. The Kier molecular flexibility index (Phi) is 6.14. The molecule has 2 fully saturated rings. The quantitative estimate of drug-likeness (QED) is 0.907. The fourth-order valence-electron chi connectivity index (χ4n) is 3.88. The smallest absolute Gasteiger partial charge is 0.219 e. The molecule has 1 aromatic carbocycles. The van der Waals surface area contributed by atoms with Gasteiger partial charge in [0.2, 0.25) is 5.91 Å². The van der Waals surface area contributed by atoms with Crippen LogP contribution in [-0.4, -0.2) is 54.0 Å². The Balaban J connectivity index is 1.45. The van der Waals surface area contributed by atoms with Gasteiger partial charge in [0.1, 0.15) is 0 Å². The van der Waals surface area contributed by atoms with E-state index in [-0.39, 0.29) is 5.91 Å². The summed E-state index contributed by atoms with van der Waals surface area (Å²) in [6, 6.07) is 9.31. The minimum absolute atomic E-state index is 0.209. The van der Waals surface area contributed by atoms with Gasteiger partial charge in [0.15, 0.2) is 0 Å². The average molecular weight is 350 g/mol. The third-order valence-corrected chi connectivity index (χ3v) is 5.49. The van der Waals surface area contributed by atoms with E-state index in [1.54, 1.807) is 6.92 Å². The Bertz CT molecular complexity index is 540. The van der Waals surface area contributed by atoms with Crippen LogP contribution in [0.5, 0.6) is 0 Å². The first-order valence-electron chi connectivity index (χ1n) is 9.08. The van der Waals surface area contributed by atoms with Gasteiger partial charge in [0, 0.05) is 50.2 Å². The summed E-state index contributed by atoms with van der Waals surface area (Å²) in [6.45, 7) is 6.74. The van der Waals surface area contributed by atoms with Gasteiger partial charge in [-0.2, -0.15) is 0 Å². The van der Waals surface area contributed by atoms with Crippen LogP contribution in [0.1, 0.15) is 38.2 Å². The zero-order chi connectivity index (χ0) is 16.9. The van der Waals surface area contributed by atoms with Gasteiger partial charge in [0.25, 0.3) is 0 Å². The topological polar surface area (TPSA) is 35.6 Å². The van der Waals surface area contributed by atoms with Crippen molar-refractivity contribution in [1.29, 1.82) is 0 Å². The lowest BCUT2D eigenvalue weighted by atomic mass is 9.99. The Morgan fingerprint density at radius 2 is 1.83 bits per heavy atom. The molecule has 2 aliphatic rings. The van der Waals surface area contributed by atoms with Crippen molar-refractivity contribution >= 4 is 17.5 Å². The number of hydrogen-bond acceptors (Lipinski definition) is 3. The number of piperidine rings is 2. The number of nitrogens with one attached hydrogen (secondary N) is 1. The van der Waals surface area contributed by atoms with Crippen molar-refractivity contribution < 1.29 is 4.79 Å². The van der Waals surface area contributed by atoms with Gasteiger partial charge in [-0.25, -0.2) is 0 Å². The molecule has 0 aromatic heterocycles. The highest BCUT2D eigenvalue weighted by Gasteiger charge is 2.25. The van der Waals surface area contributed by atoms with E-state index in [0.717, 1.165) is 44.0 Å². The molecule has 3 rings (SSSR count). The molecule has 4 nitrogen and oxygen atoms in total. The number of halogens is 1. The fraction of sp³-hybridized carbons (Fsp3) is 0.632. The first-order chi connectivity index (χ1) is 11.6. The standard InChI is InChI=1S/C19H28ClN3O/c1-15(24)23-11-8-18(9-12-23)21-19-3-2-10-22(14-19)13-16-4-6-17(20)7-5-16/h4-7,18-19,21H,2-3,8-14H2,1H3. The summed E-state index contributed by atoms with van der Waals surface area (Å²) in [7, 11) is 0. The highest BCUT2D eigenvalue weighted by Crippen LogP contribution is 2.18. The molecule has 0 spiro atoms. The van der Waals surface area contributed by atoms with Gasteiger partial charge in [0.05, 0.1) is 0 Å². The zero-order valence-electron chi connectivity index (χ0n) is 14.5. The maximum Gasteiger partial charge on any atom is 0.219 e. The molecule has 1 unspecified atom stereocenters. The van der Waals surface area contributed by atoms with E-state index in [1.165, 1.54) is 24.9 Å². The first kappa shape index (κ1) is 17.7. The van der Waals surface area contributed by atoms with E-state index < -0.39 is 0 Å². The molecule has 1 aromatic rings. The predicted molar refractivity (Wildman–Crippen MR) is 98.2 cm³/mol. The van der Waals surface area contributed by atoms with Crippen LogP contribution >= 0.6 is 11.6 Å². The lowest BCUT2D eigenvalue weighted by Gasteiger charge is -2.38. The summed E-state index contributed by atoms with van der Waals surface area (Å²) in [6.07, 6.45) is 4.65. The second-order valence-electron chi connectivity index (χ2n) is 7.15. The molecule has 2 aliphatic heterocycles. The zero-order valence-corrected chi connectivity index (χ0v) is 15.3. The van der Waals surface area contributed by atoms with Crippen molar-refractivity contribution in [2.75, 3.05) is 26.2 Å². The second kappa shape index (κ2) is 8.32. The van der Waals surface area contributed by atoms with Crippen LogP contribution in [0.3, 0.4) is 0 Å². The molecule has 0 bridgehead atoms. The van der Waals surface area contributed by atoms with Gasteiger partial charge in [-0.1, -0.05) is 23.7 Å². The Morgan fingerprint density at radius 3 is 2.50 bits per heavy atom. The first-order valence-corrected chi connectivity index (χ1v) is 9.46. The van der Waals surface area contributed by atoms with Gasteiger partial charge < -0.3 is 10.2 Å². The highest BCUT2D eigenvalue weighted by atomic mass is 35.5. The molecule has 1 amide bonds. The molecule has 0 aliphatic carbocycles. The lowest BCUT2D eigenvalue weighted by Crippen LogP contribution is -2.52. The highest BCUT2D eigenvalue weighted by molar-refractivity contribution is 6.30. The molecule has 24 heavy (non-hydrogen) atoms. The number of hydrogen-bond donors (Lipinski definition) is 1. The van der Waals surface area contributed by atoms with Crippen LogP contribution < -0.4 is 5.32 Å². The van der Waals surface area contributed by atoms with Crippen LogP contribution in [0.15, 0.2) is 24.3 Å². The Labute approximate surface area is 150 Å². The fourth-order valence-corrected chi connectivity index (χ4v) is 4.00. The van der Waals surface area contributed by atoms with Gasteiger partial charge in [-0.3, -0.25) is 9.69 Å². The summed E-state index contributed by atoms with van der Waals surface area (Å²) in [5, 5.41) is 4.64. The van der Waals surface area contributed by atoms with E-state index in [4.69, 9.17) is 11.6 Å². The largest absolute Gasteiger partial charge is 0.343 e. The molecule has 2 heterocycles. The maximum absolute atomic E-state index is 11.4. The summed E-state index contributed by atoms with van der Waals surface area (Å²) in [4.78, 5) is 15.9. The summed E-state index contributed by atoms with van der Waals surface area (Å²) in [5.74, 6) is 0.209. The monoisotopic (exact) mass is 349 g/mol. The summed E-state index contributed by atoms with van der Waals surface area (Å²) in [5.41, 5.74) is 1.33. The Morgan fingerprint density at radius 1 is 1.12 bits per heavy atom. The number of carbonyl (C=O) groups is 1. The van der Waals surface area contributed by atoms with Crippen molar-refractivity contribution in [2.24, 2.45) is 0 Å². The third-order valence-electron chi connectivity index (χ3n) is 5.24. The van der Waals surface area contributed by atoms with Crippen molar-refractivity contribution in [2.45, 2.75) is 51.2 Å². The molecular weight excluding hydrogens is 322 g/mol. The van der Waals surface area contributed by atoms with Gasteiger partial charge in [-0.05, 0) is 49.9 Å². The van der Waals surface area contributed by atoms with E-state index in [9.17, 15) is 4.79 Å². The van der Waals surface area contributed by atoms with Crippen LogP contribution in [-0.2, 0) is 11.3 Å². The van der Waals surface area contributed by atoms with Crippen molar-refractivity contribution in [3.8, 4) is 0 Å². The van der Waals surface area contributed by atoms with Crippen LogP contribution in [0, 0.1) is 0 Å². The minimum atomic E-state index is 0.209. The minimum Gasteiger partial charge on any atom is -0.343 e.